The van der Waals surface area contributed by atoms with Gasteiger partial charge in [-0.15, -0.1) is 0 Å². The smallest absolute Gasteiger partial charge is 0.295 e. The molecule has 13 heteroatoms. The Labute approximate surface area is 222 Å². The minimum Gasteiger partial charge on any atom is -0.502 e. The van der Waals surface area contributed by atoms with Crippen LogP contribution >= 0.6 is 11.6 Å². The Balaban J connectivity index is 0.000000427. The van der Waals surface area contributed by atoms with Gasteiger partial charge in [0.1, 0.15) is 23.6 Å². The zero-order valence-corrected chi connectivity index (χ0v) is 22.0. The molecule has 0 saturated heterocycles. The van der Waals surface area contributed by atoms with Crippen LogP contribution in [0, 0.1) is 12.7 Å². The molecule has 0 saturated carbocycles. The zero-order chi connectivity index (χ0) is 27.8. The van der Waals surface area contributed by atoms with Crippen LogP contribution in [0.15, 0.2) is 52.4 Å². The lowest BCUT2D eigenvalue weighted by Crippen LogP contribution is -2.26. The van der Waals surface area contributed by atoms with Crippen molar-refractivity contribution in [1.29, 1.82) is 0 Å². The number of aromatic hydroxyl groups is 1. The first-order valence-corrected chi connectivity index (χ1v) is 11.9. The number of hydrogen-bond acceptors (Lipinski definition) is 8. The summed E-state index contributed by atoms with van der Waals surface area (Å²) >= 11 is 6.45. The summed E-state index contributed by atoms with van der Waals surface area (Å²) in [5.41, 5.74) is 1.63. The molecule has 1 amide bonds. The number of rotatable bonds is 9. The molecule has 3 heterocycles. The van der Waals surface area contributed by atoms with Crippen molar-refractivity contribution in [2.45, 2.75) is 32.2 Å². The van der Waals surface area contributed by atoms with Crippen LogP contribution in [0.25, 0.3) is 0 Å². The van der Waals surface area contributed by atoms with Gasteiger partial charge in [-0.25, -0.2) is 9.37 Å². The fourth-order valence-corrected chi connectivity index (χ4v) is 4.19. The number of aryl methyl sites for hydroxylation is 1. The Bertz CT molecular complexity index is 1420. The Morgan fingerprint density at radius 1 is 1.34 bits per heavy atom. The number of aromatic nitrogens is 5. The second-order valence-electron chi connectivity index (χ2n) is 8.41. The minimum atomic E-state index is -0.538. The summed E-state index contributed by atoms with van der Waals surface area (Å²) < 4.78 is 26.7. The molecule has 4 rings (SSSR count). The molecule has 2 unspecified atom stereocenters. The van der Waals surface area contributed by atoms with Gasteiger partial charge in [0.05, 0.1) is 31.2 Å². The van der Waals surface area contributed by atoms with Gasteiger partial charge < -0.3 is 19.7 Å². The molecule has 1 aromatic carbocycles. The van der Waals surface area contributed by atoms with Gasteiger partial charge in [0.15, 0.2) is 0 Å². The van der Waals surface area contributed by atoms with Crippen LogP contribution in [0.1, 0.15) is 41.4 Å². The fourth-order valence-electron chi connectivity index (χ4n) is 3.96. The number of amides is 1. The first kappa shape index (κ1) is 28.5. The molecule has 4 aromatic rings. The third-order valence-corrected chi connectivity index (χ3v) is 6.22. The number of halogens is 2. The zero-order valence-electron chi connectivity index (χ0n) is 21.3. The molecule has 2 atom stereocenters. The van der Waals surface area contributed by atoms with E-state index < -0.39 is 17.3 Å². The van der Waals surface area contributed by atoms with Crippen molar-refractivity contribution >= 4 is 23.7 Å². The number of nitrogens with zero attached hydrogens (tertiary/aromatic N) is 5. The fraction of sp³-hybridized carbons (Fsp3) is 0.320. The number of anilines is 1. The van der Waals surface area contributed by atoms with E-state index in [0.29, 0.717) is 41.7 Å². The lowest BCUT2D eigenvalue weighted by Gasteiger charge is -2.26. The highest BCUT2D eigenvalue weighted by Crippen LogP contribution is 2.40. The van der Waals surface area contributed by atoms with E-state index in [2.05, 4.69) is 25.1 Å². The lowest BCUT2D eigenvalue weighted by molar-refractivity contribution is -0.105. The average Bonchev–Trinajstić information content (AvgIpc) is 3.59. The van der Waals surface area contributed by atoms with Crippen molar-refractivity contribution in [1.82, 2.24) is 24.5 Å². The van der Waals surface area contributed by atoms with E-state index in [1.165, 1.54) is 35.2 Å². The second-order valence-corrected chi connectivity index (χ2v) is 8.81. The van der Waals surface area contributed by atoms with Crippen molar-refractivity contribution in [2.24, 2.45) is 7.05 Å². The molecular formula is C25H28ClFN6O5. The van der Waals surface area contributed by atoms with Crippen molar-refractivity contribution in [3.8, 4) is 5.75 Å². The Morgan fingerprint density at radius 3 is 2.76 bits per heavy atom. The van der Waals surface area contributed by atoms with Crippen LogP contribution in [-0.4, -0.2) is 49.7 Å². The van der Waals surface area contributed by atoms with Gasteiger partial charge in [-0.3, -0.25) is 18.8 Å². The molecule has 0 fully saturated rings. The third-order valence-electron chi connectivity index (χ3n) is 5.87. The molecule has 202 valence electrons. The van der Waals surface area contributed by atoms with Crippen molar-refractivity contribution in [3.05, 3.63) is 86.9 Å². The monoisotopic (exact) mass is 546 g/mol. The number of hydrogen-bond donors (Lipinski definition) is 2. The number of nitrogens with one attached hydrogen (secondary N) is 1. The molecule has 0 aliphatic heterocycles. The van der Waals surface area contributed by atoms with Crippen LogP contribution in [0.5, 0.6) is 5.75 Å². The van der Waals surface area contributed by atoms with Crippen LogP contribution in [0.4, 0.5) is 10.1 Å². The largest absolute Gasteiger partial charge is 0.502 e. The minimum absolute atomic E-state index is 0.236. The van der Waals surface area contributed by atoms with Gasteiger partial charge >= 0.3 is 0 Å². The first-order valence-electron chi connectivity index (χ1n) is 11.5. The van der Waals surface area contributed by atoms with Crippen LogP contribution in [0.3, 0.4) is 0 Å². The highest BCUT2D eigenvalue weighted by Gasteiger charge is 2.30. The van der Waals surface area contributed by atoms with Crippen molar-refractivity contribution in [3.63, 3.8) is 0 Å². The first-order chi connectivity index (χ1) is 18.2. The molecular weight excluding hydrogens is 519 g/mol. The number of carbonyl (C=O) groups excluding carboxylic acids is 1. The summed E-state index contributed by atoms with van der Waals surface area (Å²) in [6.45, 7) is 4.51. The van der Waals surface area contributed by atoms with E-state index in [9.17, 15) is 19.1 Å². The average molecular weight is 547 g/mol. The summed E-state index contributed by atoms with van der Waals surface area (Å²) in [7, 11) is 3.16. The SMILES string of the molecule is COCCn1cc(C(c2cc(F)ccc2Cl)C(C)c2nc(C)c(O)c(=O)n2C)cn1.O=CNc1cnoc1. The maximum atomic E-state index is 14.1. The van der Waals surface area contributed by atoms with Gasteiger partial charge in [0.25, 0.3) is 5.56 Å². The topological polar surface area (TPSA) is 137 Å². The van der Waals surface area contributed by atoms with Gasteiger partial charge in [-0.1, -0.05) is 23.7 Å². The van der Waals surface area contributed by atoms with E-state index in [-0.39, 0.29) is 17.4 Å². The number of ether oxygens (including phenoxy) is 1. The van der Waals surface area contributed by atoms with E-state index in [1.807, 2.05) is 13.1 Å². The summed E-state index contributed by atoms with van der Waals surface area (Å²) in [6, 6.07) is 4.20. The molecule has 0 spiro atoms. The Morgan fingerprint density at radius 2 is 2.11 bits per heavy atom. The highest BCUT2D eigenvalue weighted by molar-refractivity contribution is 6.31. The van der Waals surface area contributed by atoms with E-state index in [4.69, 9.17) is 16.3 Å². The second kappa shape index (κ2) is 13.0. The molecule has 0 aliphatic carbocycles. The molecule has 11 nitrogen and oxygen atoms in total. The Kier molecular flexibility index (Phi) is 9.74. The van der Waals surface area contributed by atoms with E-state index in [1.54, 1.807) is 32.0 Å². The number of carbonyl (C=O) groups is 1. The maximum Gasteiger partial charge on any atom is 0.295 e. The molecule has 0 bridgehead atoms. The van der Waals surface area contributed by atoms with E-state index >= 15 is 0 Å². The summed E-state index contributed by atoms with van der Waals surface area (Å²) in [4.78, 5) is 26.5. The molecule has 2 N–H and O–H groups in total. The van der Waals surface area contributed by atoms with Crippen molar-refractivity contribution < 1.29 is 23.6 Å². The van der Waals surface area contributed by atoms with Crippen LogP contribution in [0.2, 0.25) is 5.02 Å². The maximum absolute atomic E-state index is 14.1. The number of benzene rings is 1. The van der Waals surface area contributed by atoms with Gasteiger partial charge in [-0.05, 0) is 36.2 Å². The van der Waals surface area contributed by atoms with Crippen molar-refractivity contribution in [2.75, 3.05) is 19.0 Å². The predicted molar refractivity (Wildman–Crippen MR) is 138 cm³/mol. The van der Waals surface area contributed by atoms with Gasteiger partial charge in [-0.2, -0.15) is 5.10 Å². The molecule has 3 aromatic heterocycles. The number of methoxy groups -OCH3 is 1. The lowest BCUT2D eigenvalue weighted by atomic mass is 9.82. The van der Waals surface area contributed by atoms with Gasteiger partial charge in [0, 0.05) is 37.2 Å². The van der Waals surface area contributed by atoms with E-state index in [0.717, 1.165) is 5.56 Å². The quantitative estimate of drug-likeness (QED) is 0.304. The summed E-state index contributed by atoms with van der Waals surface area (Å²) in [5.74, 6) is -1.15. The van der Waals surface area contributed by atoms with Crippen LogP contribution < -0.4 is 10.9 Å². The normalized spacial score (nSPS) is 12.4. The van der Waals surface area contributed by atoms with Gasteiger partial charge in [0.2, 0.25) is 12.2 Å². The predicted octanol–water partition coefficient (Wildman–Crippen LogP) is 3.61. The highest BCUT2D eigenvalue weighted by atomic mass is 35.5. The summed E-state index contributed by atoms with van der Waals surface area (Å²) in [5, 5.41) is 20.4. The summed E-state index contributed by atoms with van der Waals surface area (Å²) in [6.07, 6.45) is 6.87. The molecule has 38 heavy (non-hydrogen) atoms. The molecule has 0 radical (unpaired) electrons. The molecule has 0 aliphatic rings. The Hall–Kier alpha value is -4.03. The van der Waals surface area contributed by atoms with Crippen LogP contribution in [-0.2, 0) is 23.1 Å². The standard InChI is InChI=1S/C21H24ClFN4O3.C4H4N2O2/c1-12(20-25-13(2)19(28)21(29)26(20)3)18(16-9-15(23)5-6-17(16)22)14-10-24-27(11-14)7-8-30-4;7-3-5-4-1-6-8-2-4/h5-6,9-12,18,28H,7-8H2,1-4H3;1-3H,(H,5,7). The third kappa shape index (κ3) is 6.64.